The minimum absolute atomic E-state index is 0.195. The highest BCUT2D eigenvalue weighted by Gasteiger charge is 2.34. The van der Waals surface area contributed by atoms with Gasteiger partial charge in [0.2, 0.25) is 0 Å². The molecule has 1 aliphatic rings. The first-order chi connectivity index (χ1) is 9.35. The fourth-order valence-electron chi connectivity index (χ4n) is 2.88. The van der Waals surface area contributed by atoms with E-state index in [9.17, 15) is 9.59 Å². The van der Waals surface area contributed by atoms with Gasteiger partial charge in [0, 0.05) is 12.8 Å². The summed E-state index contributed by atoms with van der Waals surface area (Å²) in [5.74, 6) is 0.0507. The molecule has 1 fully saturated rings. The molecule has 0 aromatic rings. The van der Waals surface area contributed by atoms with Crippen LogP contribution < -0.4 is 0 Å². The summed E-state index contributed by atoms with van der Waals surface area (Å²) in [7, 11) is 0. The Labute approximate surface area is 123 Å². The molecule has 0 saturated heterocycles. The van der Waals surface area contributed by atoms with Crippen LogP contribution in [0.2, 0.25) is 0 Å². The molecule has 20 heavy (non-hydrogen) atoms. The number of hydrogen-bond donors (Lipinski definition) is 0. The second kappa shape index (κ2) is 7.24. The molecule has 0 amide bonds. The molecule has 0 aromatic carbocycles. The first-order valence-electron chi connectivity index (χ1n) is 8.04. The monoisotopic (exact) mass is 282 g/mol. The van der Waals surface area contributed by atoms with Crippen molar-refractivity contribution >= 4 is 11.8 Å². The van der Waals surface area contributed by atoms with E-state index in [0.29, 0.717) is 12.8 Å². The highest BCUT2D eigenvalue weighted by atomic mass is 16.5. The molecule has 3 nitrogen and oxygen atoms in total. The van der Waals surface area contributed by atoms with Gasteiger partial charge in [-0.1, -0.05) is 33.1 Å². The van der Waals surface area contributed by atoms with E-state index in [-0.39, 0.29) is 23.8 Å². The van der Waals surface area contributed by atoms with E-state index in [1.165, 1.54) is 25.7 Å². The number of Topliss-reactive ketones (excluding diaryl/α,β-unsaturated/α-hetero) is 1. The maximum Gasteiger partial charge on any atom is 0.311 e. The summed E-state index contributed by atoms with van der Waals surface area (Å²) in [6, 6.07) is 0. The Bertz CT molecular complexity index is 338. The zero-order chi connectivity index (χ0) is 15.2. The third-order valence-electron chi connectivity index (χ3n) is 5.04. The molecule has 0 heterocycles. The van der Waals surface area contributed by atoms with Crippen molar-refractivity contribution in [2.75, 3.05) is 6.61 Å². The van der Waals surface area contributed by atoms with E-state index < -0.39 is 5.41 Å². The van der Waals surface area contributed by atoms with E-state index in [2.05, 4.69) is 6.92 Å². The lowest BCUT2D eigenvalue weighted by Crippen LogP contribution is -2.27. The van der Waals surface area contributed by atoms with Gasteiger partial charge < -0.3 is 4.74 Å². The second-order valence-electron chi connectivity index (χ2n) is 6.90. The number of esters is 1. The second-order valence-corrected chi connectivity index (χ2v) is 6.90. The van der Waals surface area contributed by atoms with Gasteiger partial charge in [0.25, 0.3) is 0 Å². The summed E-state index contributed by atoms with van der Waals surface area (Å²) in [5, 5.41) is 0. The van der Waals surface area contributed by atoms with Gasteiger partial charge in [0.1, 0.15) is 5.78 Å². The van der Waals surface area contributed by atoms with Crippen molar-refractivity contribution in [3.63, 3.8) is 0 Å². The van der Waals surface area contributed by atoms with Crippen LogP contribution in [0.25, 0.3) is 0 Å². The maximum absolute atomic E-state index is 12.1. The van der Waals surface area contributed by atoms with Gasteiger partial charge in [0.05, 0.1) is 12.0 Å². The SMILES string of the molecule is CCC1(CC(=O)CCOC(=O)C(C)(C)CC)CCCC1. The van der Waals surface area contributed by atoms with Crippen molar-refractivity contribution in [1.82, 2.24) is 0 Å². The summed E-state index contributed by atoms with van der Waals surface area (Å²) in [4.78, 5) is 23.9. The molecule has 1 saturated carbocycles. The van der Waals surface area contributed by atoms with Crippen LogP contribution in [0.1, 0.15) is 79.1 Å². The Morgan fingerprint density at radius 1 is 1.15 bits per heavy atom. The Hall–Kier alpha value is -0.860. The van der Waals surface area contributed by atoms with Gasteiger partial charge in [-0.05, 0) is 38.5 Å². The van der Waals surface area contributed by atoms with Crippen LogP contribution in [0, 0.1) is 10.8 Å². The highest BCUT2D eigenvalue weighted by molar-refractivity contribution is 5.80. The molecular weight excluding hydrogens is 252 g/mol. The lowest BCUT2D eigenvalue weighted by Gasteiger charge is -2.26. The first kappa shape index (κ1) is 17.2. The van der Waals surface area contributed by atoms with Crippen LogP contribution in [0.3, 0.4) is 0 Å². The molecule has 0 bridgehead atoms. The Kier molecular flexibility index (Phi) is 6.22. The fourth-order valence-corrected chi connectivity index (χ4v) is 2.88. The van der Waals surface area contributed by atoms with Crippen LogP contribution in [0.15, 0.2) is 0 Å². The van der Waals surface area contributed by atoms with Gasteiger partial charge in [-0.2, -0.15) is 0 Å². The van der Waals surface area contributed by atoms with Crippen LogP contribution >= 0.6 is 0 Å². The molecule has 0 radical (unpaired) electrons. The standard InChI is InChI=1S/C17H30O3/c1-5-16(3,4)15(19)20-12-9-14(18)13-17(6-2)10-7-8-11-17/h5-13H2,1-4H3. The highest BCUT2D eigenvalue weighted by Crippen LogP contribution is 2.44. The number of carbonyl (C=O) groups excluding carboxylic acids is 2. The average molecular weight is 282 g/mol. The minimum Gasteiger partial charge on any atom is -0.465 e. The van der Waals surface area contributed by atoms with Crippen LogP contribution in [0.4, 0.5) is 0 Å². The van der Waals surface area contributed by atoms with Gasteiger partial charge in [-0.3, -0.25) is 9.59 Å². The number of hydrogen-bond acceptors (Lipinski definition) is 3. The van der Waals surface area contributed by atoms with E-state index in [1.54, 1.807) is 0 Å². The molecule has 0 aliphatic heterocycles. The van der Waals surface area contributed by atoms with Crippen molar-refractivity contribution < 1.29 is 14.3 Å². The van der Waals surface area contributed by atoms with Crippen LogP contribution in [-0.4, -0.2) is 18.4 Å². The molecule has 0 spiro atoms. The summed E-state index contributed by atoms with van der Waals surface area (Å²) in [6.45, 7) is 8.14. The number of ketones is 1. The zero-order valence-electron chi connectivity index (χ0n) is 13.6. The lowest BCUT2D eigenvalue weighted by molar-refractivity contribution is -0.154. The molecule has 0 aromatic heterocycles. The molecule has 1 aliphatic carbocycles. The Morgan fingerprint density at radius 3 is 2.25 bits per heavy atom. The smallest absolute Gasteiger partial charge is 0.311 e. The predicted molar refractivity (Wildman–Crippen MR) is 80.5 cm³/mol. The minimum atomic E-state index is -0.445. The van der Waals surface area contributed by atoms with Crippen molar-refractivity contribution in [2.45, 2.75) is 79.1 Å². The van der Waals surface area contributed by atoms with E-state index >= 15 is 0 Å². The van der Waals surface area contributed by atoms with E-state index in [0.717, 1.165) is 12.8 Å². The quantitative estimate of drug-likeness (QED) is 0.624. The van der Waals surface area contributed by atoms with Crippen LogP contribution in [0.5, 0.6) is 0 Å². The average Bonchev–Trinajstić information content (AvgIpc) is 2.87. The van der Waals surface area contributed by atoms with E-state index in [4.69, 9.17) is 4.74 Å². The van der Waals surface area contributed by atoms with E-state index in [1.807, 2.05) is 20.8 Å². The summed E-state index contributed by atoms with van der Waals surface area (Å²) in [6.07, 6.45) is 7.73. The Morgan fingerprint density at radius 2 is 1.75 bits per heavy atom. The predicted octanol–water partition coefficient (Wildman–Crippen LogP) is 4.29. The topological polar surface area (TPSA) is 43.4 Å². The zero-order valence-corrected chi connectivity index (χ0v) is 13.6. The van der Waals surface area contributed by atoms with Crippen LogP contribution in [-0.2, 0) is 14.3 Å². The van der Waals surface area contributed by atoms with Crippen molar-refractivity contribution in [3.8, 4) is 0 Å². The summed E-state index contributed by atoms with van der Waals surface area (Å²) >= 11 is 0. The maximum atomic E-state index is 12.1. The summed E-state index contributed by atoms with van der Waals surface area (Å²) < 4.78 is 5.24. The van der Waals surface area contributed by atoms with Gasteiger partial charge in [-0.15, -0.1) is 0 Å². The first-order valence-corrected chi connectivity index (χ1v) is 8.04. The number of rotatable bonds is 8. The lowest BCUT2D eigenvalue weighted by atomic mass is 9.78. The fraction of sp³-hybridized carbons (Fsp3) is 0.882. The number of ether oxygens (including phenoxy) is 1. The normalized spacial score (nSPS) is 18.0. The molecule has 3 heteroatoms. The third kappa shape index (κ3) is 4.60. The number of carbonyl (C=O) groups is 2. The van der Waals surface area contributed by atoms with Gasteiger partial charge >= 0.3 is 5.97 Å². The van der Waals surface area contributed by atoms with Crippen molar-refractivity contribution in [3.05, 3.63) is 0 Å². The molecule has 1 rings (SSSR count). The molecule has 116 valence electrons. The molecule has 0 unspecified atom stereocenters. The third-order valence-corrected chi connectivity index (χ3v) is 5.04. The molecular formula is C17H30O3. The largest absolute Gasteiger partial charge is 0.465 e. The molecule has 0 atom stereocenters. The van der Waals surface area contributed by atoms with Crippen molar-refractivity contribution in [2.24, 2.45) is 10.8 Å². The summed E-state index contributed by atoms with van der Waals surface area (Å²) in [5.41, 5.74) is -0.205. The van der Waals surface area contributed by atoms with Gasteiger partial charge in [-0.25, -0.2) is 0 Å². The van der Waals surface area contributed by atoms with Gasteiger partial charge in [0.15, 0.2) is 0 Å². The Balaban J connectivity index is 2.32. The van der Waals surface area contributed by atoms with Crippen molar-refractivity contribution in [1.29, 1.82) is 0 Å². The molecule has 0 N–H and O–H groups in total.